The minimum atomic E-state index is -0.772. The fourth-order valence-corrected chi connectivity index (χ4v) is 3.43. The van der Waals surface area contributed by atoms with Crippen molar-refractivity contribution in [1.82, 2.24) is 5.32 Å². The van der Waals surface area contributed by atoms with Gasteiger partial charge in [-0.15, -0.1) is 0 Å². The third-order valence-corrected chi connectivity index (χ3v) is 5.26. The Morgan fingerprint density at radius 2 is 2.00 bits per heavy atom. The zero-order chi connectivity index (χ0) is 14.1. The molecule has 0 bridgehead atoms. The smallest absolute Gasteiger partial charge is 0.240 e. The summed E-state index contributed by atoms with van der Waals surface area (Å²) >= 11 is 0. The number of nitrogens with two attached hydrogens (primary N) is 1. The lowest BCUT2D eigenvalue weighted by Crippen LogP contribution is -2.75. The highest BCUT2D eigenvalue weighted by molar-refractivity contribution is 5.88. The zero-order valence-corrected chi connectivity index (χ0v) is 12.5. The predicted molar refractivity (Wildman–Crippen MR) is 75.7 cm³/mol. The van der Waals surface area contributed by atoms with E-state index in [1.54, 1.807) is 0 Å². The summed E-state index contributed by atoms with van der Waals surface area (Å²) in [5.41, 5.74) is 5.28. The highest BCUT2D eigenvalue weighted by Gasteiger charge is 2.62. The molecule has 2 unspecified atom stereocenters. The van der Waals surface area contributed by atoms with Crippen LogP contribution in [0.4, 0.5) is 0 Å². The first-order chi connectivity index (χ1) is 8.91. The molecule has 0 aromatic rings. The molecule has 1 amide bonds. The quantitative estimate of drug-likeness (QED) is 0.799. The van der Waals surface area contributed by atoms with Crippen LogP contribution in [0.15, 0.2) is 0 Å². The van der Waals surface area contributed by atoms with Crippen molar-refractivity contribution in [1.29, 1.82) is 0 Å². The second-order valence-electron chi connectivity index (χ2n) is 6.70. The number of carbonyl (C=O) groups excluding carboxylic acids is 1. The van der Waals surface area contributed by atoms with Gasteiger partial charge in [-0.3, -0.25) is 4.79 Å². The van der Waals surface area contributed by atoms with Crippen molar-refractivity contribution in [2.45, 2.75) is 64.5 Å². The van der Waals surface area contributed by atoms with Crippen LogP contribution in [0, 0.1) is 11.3 Å². The van der Waals surface area contributed by atoms with Crippen LogP contribution in [0.5, 0.6) is 0 Å². The molecule has 2 rings (SSSR count). The van der Waals surface area contributed by atoms with Crippen LogP contribution in [-0.4, -0.2) is 30.7 Å². The highest BCUT2D eigenvalue weighted by atomic mass is 16.5. The normalized spacial score (nSPS) is 34.0. The summed E-state index contributed by atoms with van der Waals surface area (Å²) in [7, 11) is 0. The molecule has 2 aliphatic carbocycles. The Kier molecular flexibility index (Phi) is 4.21. The Labute approximate surface area is 116 Å². The second kappa shape index (κ2) is 5.41. The number of ether oxygens (including phenoxy) is 1. The molecule has 110 valence electrons. The average molecular weight is 268 g/mol. The Bertz CT molecular complexity index is 337. The van der Waals surface area contributed by atoms with Gasteiger partial charge in [-0.2, -0.15) is 0 Å². The van der Waals surface area contributed by atoms with Crippen molar-refractivity contribution in [3.63, 3.8) is 0 Å². The number of carbonyl (C=O) groups is 1. The van der Waals surface area contributed by atoms with Gasteiger partial charge in [0.1, 0.15) is 5.54 Å². The molecule has 0 aromatic carbocycles. The van der Waals surface area contributed by atoms with Crippen molar-refractivity contribution >= 4 is 5.91 Å². The maximum Gasteiger partial charge on any atom is 0.240 e. The number of rotatable bonds is 5. The van der Waals surface area contributed by atoms with Gasteiger partial charge in [0.25, 0.3) is 0 Å². The zero-order valence-electron chi connectivity index (χ0n) is 12.5. The minimum absolute atomic E-state index is 0.000327. The van der Waals surface area contributed by atoms with Gasteiger partial charge in [-0.05, 0) is 25.7 Å². The van der Waals surface area contributed by atoms with E-state index in [1.807, 2.05) is 20.8 Å². The lowest BCUT2D eigenvalue weighted by molar-refractivity contribution is -0.170. The average Bonchev–Trinajstić information content (AvgIpc) is 2.88. The van der Waals surface area contributed by atoms with Gasteiger partial charge in [0.05, 0.1) is 6.10 Å². The van der Waals surface area contributed by atoms with E-state index >= 15 is 0 Å². The topological polar surface area (TPSA) is 64.3 Å². The molecule has 2 saturated carbocycles. The number of hydrogen-bond acceptors (Lipinski definition) is 3. The van der Waals surface area contributed by atoms with Crippen molar-refractivity contribution in [2.75, 3.05) is 13.2 Å². The van der Waals surface area contributed by atoms with Gasteiger partial charge in [-0.1, -0.05) is 26.7 Å². The van der Waals surface area contributed by atoms with Crippen LogP contribution in [0.25, 0.3) is 0 Å². The maximum absolute atomic E-state index is 12.4. The monoisotopic (exact) mass is 268 g/mol. The molecule has 0 aliphatic heterocycles. The number of nitrogens with one attached hydrogen (secondary N) is 1. The molecule has 0 spiro atoms. The van der Waals surface area contributed by atoms with Crippen molar-refractivity contribution in [2.24, 2.45) is 17.1 Å². The van der Waals surface area contributed by atoms with Crippen molar-refractivity contribution < 1.29 is 9.53 Å². The molecule has 4 heteroatoms. The first-order valence-electron chi connectivity index (χ1n) is 7.60. The van der Waals surface area contributed by atoms with E-state index in [2.05, 4.69) is 5.32 Å². The standard InChI is InChI=1S/C15H28N2O2/c1-4-19-12-9-15(16,14(12,2)3)13(18)17-10-11-7-5-6-8-11/h11-12H,4-10,16H2,1-3H3,(H,17,18). The van der Waals surface area contributed by atoms with Gasteiger partial charge >= 0.3 is 0 Å². The van der Waals surface area contributed by atoms with Gasteiger partial charge in [0.2, 0.25) is 5.91 Å². The van der Waals surface area contributed by atoms with Crippen LogP contribution in [0.2, 0.25) is 0 Å². The summed E-state index contributed by atoms with van der Waals surface area (Å²) < 4.78 is 5.66. The van der Waals surface area contributed by atoms with Gasteiger partial charge in [0, 0.05) is 25.0 Å². The van der Waals surface area contributed by atoms with Crippen LogP contribution in [-0.2, 0) is 9.53 Å². The third kappa shape index (κ3) is 2.52. The minimum Gasteiger partial charge on any atom is -0.378 e. The molecule has 0 saturated heterocycles. The summed E-state index contributed by atoms with van der Waals surface area (Å²) in [6, 6.07) is 0. The summed E-state index contributed by atoms with van der Waals surface area (Å²) in [5, 5.41) is 3.07. The summed E-state index contributed by atoms with van der Waals surface area (Å²) in [5.74, 6) is 0.652. The summed E-state index contributed by atoms with van der Waals surface area (Å²) in [4.78, 5) is 12.4. The van der Waals surface area contributed by atoms with Crippen LogP contribution in [0.3, 0.4) is 0 Å². The number of amides is 1. The van der Waals surface area contributed by atoms with Crippen LogP contribution < -0.4 is 11.1 Å². The summed E-state index contributed by atoms with van der Waals surface area (Å²) in [6.07, 6.45) is 5.80. The molecular formula is C15H28N2O2. The molecule has 2 aliphatic rings. The molecule has 19 heavy (non-hydrogen) atoms. The summed E-state index contributed by atoms with van der Waals surface area (Å²) in [6.45, 7) is 7.51. The van der Waals surface area contributed by atoms with Crippen LogP contribution >= 0.6 is 0 Å². The molecule has 0 heterocycles. The highest BCUT2D eigenvalue weighted by Crippen LogP contribution is 2.49. The fraction of sp³-hybridized carbons (Fsp3) is 0.933. The van der Waals surface area contributed by atoms with E-state index in [0.717, 1.165) is 6.54 Å². The Hall–Kier alpha value is -0.610. The molecular weight excluding hydrogens is 240 g/mol. The van der Waals surface area contributed by atoms with E-state index in [9.17, 15) is 4.79 Å². The van der Waals surface area contributed by atoms with E-state index in [0.29, 0.717) is 18.9 Å². The van der Waals surface area contributed by atoms with E-state index in [-0.39, 0.29) is 17.4 Å². The Balaban J connectivity index is 1.87. The predicted octanol–water partition coefficient (Wildman–Crippen LogP) is 1.83. The molecule has 4 nitrogen and oxygen atoms in total. The van der Waals surface area contributed by atoms with Gasteiger partial charge < -0.3 is 15.8 Å². The lowest BCUT2D eigenvalue weighted by Gasteiger charge is -2.57. The molecule has 0 radical (unpaired) electrons. The lowest BCUT2D eigenvalue weighted by atomic mass is 9.54. The van der Waals surface area contributed by atoms with E-state index in [4.69, 9.17) is 10.5 Å². The van der Waals surface area contributed by atoms with Crippen molar-refractivity contribution in [3.05, 3.63) is 0 Å². The van der Waals surface area contributed by atoms with E-state index < -0.39 is 5.54 Å². The van der Waals surface area contributed by atoms with Crippen molar-refractivity contribution in [3.8, 4) is 0 Å². The molecule has 3 N–H and O–H groups in total. The number of hydrogen-bond donors (Lipinski definition) is 2. The molecule has 0 aromatic heterocycles. The van der Waals surface area contributed by atoms with Gasteiger partial charge in [-0.25, -0.2) is 0 Å². The van der Waals surface area contributed by atoms with Gasteiger partial charge in [0.15, 0.2) is 0 Å². The first-order valence-corrected chi connectivity index (χ1v) is 7.60. The fourth-order valence-electron chi connectivity index (χ4n) is 3.43. The van der Waals surface area contributed by atoms with Crippen LogP contribution in [0.1, 0.15) is 52.9 Å². The second-order valence-corrected chi connectivity index (χ2v) is 6.70. The first kappa shape index (κ1) is 14.8. The maximum atomic E-state index is 12.4. The Morgan fingerprint density at radius 1 is 1.37 bits per heavy atom. The SMILES string of the molecule is CCOC1CC(N)(C(=O)NCC2CCCC2)C1(C)C. The largest absolute Gasteiger partial charge is 0.378 e. The third-order valence-electron chi connectivity index (χ3n) is 5.26. The molecule has 2 atom stereocenters. The van der Waals surface area contributed by atoms with E-state index in [1.165, 1.54) is 25.7 Å². The molecule has 2 fully saturated rings. The Morgan fingerprint density at radius 3 is 2.53 bits per heavy atom.